The number of aliphatic hydroxyl groups excluding tert-OH is 1. The van der Waals surface area contributed by atoms with Gasteiger partial charge in [-0.05, 0) is 53.8 Å². The molecule has 7 heteroatoms. The molecule has 2 amide bonds. The van der Waals surface area contributed by atoms with Crippen molar-refractivity contribution in [2.75, 3.05) is 13.2 Å². The molecule has 2 aromatic carbocycles. The van der Waals surface area contributed by atoms with Gasteiger partial charge < -0.3 is 15.3 Å². The molecule has 1 atom stereocenters. The summed E-state index contributed by atoms with van der Waals surface area (Å²) in [6, 6.07) is 18.9. The van der Waals surface area contributed by atoms with E-state index in [0.717, 1.165) is 34.2 Å². The predicted molar refractivity (Wildman–Crippen MR) is 138 cm³/mol. The van der Waals surface area contributed by atoms with E-state index in [1.165, 1.54) is 0 Å². The molecule has 1 aliphatic heterocycles. The number of hydrogen-bond acceptors (Lipinski definition) is 5. The van der Waals surface area contributed by atoms with E-state index in [4.69, 9.17) is 10.2 Å². The van der Waals surface area contributed by atoms with Gasteiger partial charge in [0, 0.05) is 37.2 Å². The van der Waals surface area contributed by atoms with Crippen LogP contribution in [-0.4, -0.2) is 40.0 Å². The molecule has 0 aliphatic carbocycles. The summed E-state index contributed by atoms with van der Waals surface area (Å²) in [5.41, 5.74) is 6.05. The van der Waals surface area contributed by atoms with Gasteiger partial charge in [0.15, 0.2) is 0 Å². The fourth-order valence-corrected chi connectivity index (χ4v) is 4.70. The second-order valence-corrected chi connectivity index (χ2v) is 8.86. The van der Waals surface area contributed by atoms with Gasteiger partial charge in [-0.25, -0.2) is 4.98 Å². The van der Waals surface area contributed by atoms with Crippen LogP contribution >= 0.6 is 0 Å². The molecular weight excluding hydrogens is 452 g/mol. The topological polar surface area (TPSA) is 106 Å². The fraction of sp³-hybridized carbons (Fsp3) is 0.310. The Morgan fingerprint density at radius 3 is 2.53 bits per heavy atom. The normalized spacial score (nSPS) is 14.3. The summed E-state index contributed by atoms with van der Waals surface area (Å²) in [6.45, 7) is 4.68. The molecule has 3 aromatic rings. The molecule has 0 bridgehead atoms. The first-order valence-corrected chi connectivity index (χ1v) is 12.3. The number of amides is 2. The zero-order valence-corrected chi connectivity index (χ0v) is 20.6. The number of nitriles is 1. The Labute approximate surface area is 211 Å². The van der Waals surface area contributed by atoms with Crippen molar-refractivity contribution in [2.24, 2.45) is 0 Å². The number of benzene rings is 2. The first kappa shape index (κ1) is 25.1. The summed E-state index contributed by atoms with van der Waals surface area (Å²) in [6.07, 6.45) is 1.56. The lowest BCUT2D eigenvalue weighted by atomic mass is 9.93. The maximum absolute atomic E-state index is 12.9. The number of rotatable bonds is 8. The Kier molecular flexibility index (Phi) is 7.77. The van der Waals surface area contributed by atoms with Crippen LogP contribution in [-0.2, 0) is 11.3 Å². The van der Waals surface area contributed by atoms with Crippen molar-refractivity contribution in [1.82, 2.24) is 15.2 Å². The van der Waals surface area contributed by atoms with Crippen LogP contribution in [0.3, 0.4) is 0 Å². The molecule has 0 unspecified atom stereocenters. The SMILES string of the molecule is CCCNC(=O)c1cc2c(c(-c3cccc(-c4ccc(C#N)cc4)c3)n1)[C@@H](CCO)N(C(=O)CC)C2. The summed E-state index contributed by atoms with van der Waals surface area (Å²) < 4.78 is 0. The van der Waals surface area contributed by atoms with E-state index >= 15 is 0 Å². The van der Waals surface area contributed by atoms with Gasteiger partial charge in [0.2, 0.25) is 5.91 Å². The maximum Gasteiger partial charge on any atom is 0.269 e. The molecule has 1 aromatic heterocycles. The molecule has 2 N–H and O–H groups in total. The van der Waals surface area contributed by atoms with Gasteiger partial charge in [-0.3, -0.25) is 9.59 Å². The van der Waals surface area contributed by atoms with Gasteiger partial charge >= 0.3 is 0 Å². The third-order valence-electron chi connectivity index (χ3n) is 6.47. The number of aromatic nitrogens is 1. The third kappa shape index (κ3) is 5.00. The van der Waals surface area contributed by atoms with Gasteiger partial charge in [0.25, 0.3) is 5.91 Å². The number of nitrogens with zero attached hydrogens (tertiary/aromatic N) is 3. The van der Waals surface area contributed by atoms with Gasteiger partial charge in [-0.2, -0.15) is 5.26 Å². The molecule has 4 rings (SSSR count). The lowest BCUT2D eigenvalue weighted by Gasteiger charge is -2.25. The zero-order chi connectivity index (χ0) is 25.7. The van der Waals surface area contributed by atoms with Crippen LogP contribution in [0.15, 0.2) is 54.6 Å². The quantitative estimate of drug-likeness (QED) is 0.488. The summed E-state index contributed by atoms with van der Waals surface area (Å²) in [7, 11) is 0. The smallest absolute Gasteiger partial charge is 0.269 e. The van der Waals surface area contributed by atoms with Crippen molar-refractivity contribution >= 4 is 11.8 Å². The van der Waals surface area contributed by atoms with Crippen LogP contribution in [0, 0.1) is 11.3 Å². The van der Waals surface area contributed by atoms with E-state index < -0.39 is 0 Å². The highest BCUT2D eigenvalue weighted by molar-refractivity contribution is 5.94. The van der Waals surface area contributed by atoms with Crippen molar-refractivity contribution < 1.29 is 14.7 Å². The Balaban J connectivity index is 1.86. The standard InChI is InChI=1S/C29H30N4O3/c1-3-13-31-29(36)24-16-23-18-33(26(35)4-2)25(12-14-34)27(23)28(32-24)22-7-5-6-21(15-22)20-10-8-19(17-30)9-11-20/h5-11,15-16,25,34H,3-4,12-14,18H2,1-2H3,(H,31,36)/t25-/m1/s1. The Morgan fingerprint density at radius 2 is 1.86 bits per heavy atom. The van der Waals surface area contributed by atoms with Gasteiger partial charge in [-0.15, -0.1) is 0 Å². The Morgan fingerprint density at radius 1 is 1.11 bits per heavy atom. The summed E-state index contributed by atoms with van der Waals surface area (Å²) in [4.78, 5) is 32.3. The second kappa shape index (κ2) is 11.1. The average Bonchev–Trinajstić information content (AvgIpc) is 3.29. The Bertz CT molecular complexity index is 1310. The van der Waals surface area contributed by atoms with E-state index in [0.29, 0.717) is 42.9 Å². The van der Waals surface area contributed by atoms with E-state index in [1.807, 2.05) is 50.2 Å². The van der Waals surface area contributed by atoms with E-state index in [2.05, 4.69) is 11.4 Å². The molecule has 7 nitrogen and oxygen atoms in total. The zero-order valence-electron chi connectivity index (χ0n) is 20.6. The first-order valence-electron chi connectivity index (χ1n) is 12.3. The summed E-state index contributed by atoms with van der Waals surface area (Å²) >= 11 is 0. The number of carbonyl (C=O) groups excluding carboxylic acids is 2. The second-order valence-electron chi connectivity index (χ2n) is 8.86. The molecule has 0 saturated carbocycles. The van der Waals surface area contributed by atoms with Crippen molar-refractivity contribution in [3.63, 3.8) is 0 Å². The van der Waals surface area contributed by atoms with Crippen LogP contribution < -0.4 is 5.32 Å². The summed E-state index contributed by atoms with van der Waals surface area (Å²) in [5, 5.41) is 21.8. The number of nitrogens with one attached hydrogen (secondary N) is 1. The van der Waals surface area contributed by atoms with E-state index in [1.54, 1.807) is 23.1 Å². The lowest BCUT2D eigenvalue weighted by molar-refractivity contribution is -0.133. The average molecular weight is 483 g/mol. The molecule has 0 radical (unpaired) electrons. The van der Waals surface area contributed by atoms with Gasteiger partial charge in [-0.1, -0.05) is 44.2 Å². The Hall–Kier alpha value is -4.02. The summed E-state index contributed by atoms with van der Waals surface area (Å²) in [5.74, 6) is -0.248. The predicted octanol–water partition coefficient (Wildman–Crippen LogP) is 4.60. The number of aliphatic hydroxyl groups is 1. The molecule has 0 saturated heterocycles. The number of pyridine rings is 1. The van der Waals surface area contributed by atoms with E-state index in [-0.39, 0.29) is 24.5 Å². The third-order valence-corrected chi connectivity index (χ3v) is 6.47. The molecule has 2 heterocycles. The van der Waals surface area contributed by atoms with Crippen molar-refractivity contribution in [3.8, 4) is 28.5 Å². The molecule has 184 valence electrons. The van der Waals surface area contributed by atoms with Crippen LogP contribution in [0.2, 0.25) is 0 Å². The first-order chi connectivity index (χ1) is 17.5. The maximum atomic E-state index is 12.9. The minimum absolute atomic E-state index is 0.00100. The van der Waals surface area contributed by atoms with Crippen LogP contribution in [0.5, 0.6) is 0 Å². The minimum Gasteiger partial charge on any atom is -0.396 e. The largest absolute Gasteiger partial charge is 0.396 e. The van der Waals surface area contributed by atoms with Crippen molar-refractivity contribution in [1.29, 1.82) is 5.26 Å². The highest BCUT2D eigenvalue weighted by Gasteiger charge is 2.36. The van der Waals surface area contributed by atoms with Crippen LogP contribution in [0.25, 0.3) is 22.4 Å². The highest BCUT2D eigenvalue weighted by Crippen LogP contribution is 2.42. The van der Waals surface area contributed by atoms with Crippen LogP contribution in [0.4, 0.5) is 0 Å². The number of carbonyl (C=O) groups is 2. The van der Waals surface area contributed by atoms with Crippen molar-refractivity contribution in [2.45, 2.75) is 45.7 Å². The monoisotopic (exact) mass is 482 g/mol. The van der Waals surface area contributed by atoms with Gasteiger partial charge in [0.1, 0.15) is 5.69 Å². The molecule has 1 aliphatic rings. The highest BCUT2D eigenvalue weighted by atomic mass is 16.3. The molecule has 36 heavy (non-hydrogen) atoms. The van der Waals surface area contributed by atoms with Gasteiger partial charge in [0.05, 0.1) is 23.4 Å². The fourth-order valence-electron chi connectivity index (χ4n) is 4.70. The number of hydrogen-bond donors (Lipinski definition) is 2. The lowest BCUT2D eigenvalue weighted by Crippen LogP contribution is -2.29. The van der Waals surface area contributed by atoms with Crippen molar-refractivity contribution in [3.05, 3.63) is 77.0 Å². The molecule has 0 spiro atoms. The molecular formula is C29H30N4O3. The molecule has 0 fully saturated rings. The number of fused-ring (bicyclic) bond motifs is 1. The van der Waals surface area contributed by atoms with E-state index in [9.17, 15) is 14.7 Å². The minimum atomic E-state index is -0.314. The van der Waals surface area contributed by atoms with Crippen LogP contribution in [0.1, 0.15) is 66.3 Å².